The van der Waals surface area contributed by atoms with E-state index in [1.807, 2.05) is 18.7 Å². The molecule has 78 valence electrons. The Hall–Kier alpha value is 0.170. The molecule has 2 rings (SSSR count). The van der Waals surface area contributed by atoms with Crippen molar-refractivity contribution in [2.75, 3.05) is 5.33 Å². The van der Waals surface area contributed by atoms with Gasteiger partial charge in [0.15, 0.2) is 0 Å². The fourth-order valence-corrected chi connectivity index (χ4v) is 3.00. The van der Waals surface area contributed by atoms with E-state index in [1.54, 1.807) is 0 Å². The third-order valence-corrected chi connectivity index (χ3v) is 5.27. The standard InChI is InChI=1S/C10H14Br2N2/c1-7-9(12)8(14(2)13-7)5-10(6-11)3-4-10/h3-6H2,1-2H3. The lowest BCUT2D eigenvalue weighted by Gasteiger charge is -2.11. The summed E-state index contributed by atoms with van der Waals surface area (Å²) in [5.41, 5.74) is 2.94. The highest BCUT2D eigenvalue weighted by atomic mass is 79.9. The van der Waals surface area contributed by atoms with Gasteiger partial charge >= 0.3 is 0 Å². The Morgan fingerprint density at radius 3 is 2.50 bits per heavy atom. The van der Waals surface area contributed by atoms with Crippen molar-refractivity contribution in [3.05, 3.63) is 15.9 Å². The largest absolute Gasteiger partial charge is 0.271 e. The number of hydrogen-bond acceptors (Lipinski definition) is 1. The Labute approximate surface area is 101 Å². The lowest BCUT2D eigenvalue weighted by Crippen LogP contribution is -2.10. The summed E-state index contributed by atoms with van der Waals surface area (Å²) in [6.07, 6.45) is 3.82. The molecule has 1 aliphatic rings. The summed E-state index contributed by atoms with van der Waals surface area (Å²) < 4.78 is 3.19. The summed E-state index contributed by atoms with van der Waals surface area (Å²) >= 11 is 7.21. The van der Waals surface area contributed by atoms with Crippen molar-refractivity contribution in [2.24, 2.45) is 12.5 Å². The van der Waals surface area contributed by atoms with Crippen molar-refractivity contribution in [3.63, 3.8) is 0 Å². The van der Waals surface area contributed by atoms with Gasteiger partial charge in [-0.3, -0.25) is 4.68 Å². The predicted octanol–water partition coefficient (Wildman–Crippen LogP) is 3.21. The summed E-state index contributed by atoms with van der Waals surface area (Å²) in [7, 11) is 2.03. The second-order valence-electron chi connectivity index (χ2n) is 4.28. The highest BCUT2D eigenvalue weighted by Crippen LogP contribution is 2.50. The van der Waals surface area contributed by atoms with Crippen LogP contribution in [0.4, 0.5) is 0 Å². The molecule has 2 nitrogen and oxygen atoms in total. The van der Waals surface area contributed by atoms with Crippen LogP contribution in [0.25, 0.3) is 0 Å². The van der Waals surface area contributed by atoms with E-state index in [0.717, 1.165) is 17.4 Å². The molecule has 0 aromatic carbocycles. The molecule has 1 aromatic rings. The lowest BCUT2D eigenvalue weighted by molar-refractivity contribution is 0.548. The molecule has 0 aliphatic heterocycles. The molecule has 0 saturated heterocycles. The maximum Gasteiger partial charge on any atom is 0.0738 e. The third-order valence-electron chi connectivity index (χ3n) is 3.04. The number of nitrogens with zero attached hydrogens (tertiary/aromatic N) is 2. The number of hydrogen-bond donors (Lipinski definition) is 0. The maximum atomic E-state index is 4.41. The summed E-state index contributed by atoms with van der Waals surface area (Å²) in [6, 6.07) is 0. The van der Waals surface area contributed by atoms with E-state index in [4.69, 9.17) is 0 Å². The first-order valence-corrected chi connectivity index (χ1v) is 6.73. The molecule has 0 radical (unpaired) electrons. The van der Waals surface area contributed by atoms with E-state index in [9.17, 15) is 0 Å². The number of aromatic nitrogens is 2. The normalized spacial score (nSPS) is 18.6. The van der Waals surface area contributed by atoms with Gasteiger partial charge in [0, 0.05) is 12.4 Å². The van der Waals surface area contributed by atoms with Crippen molar-refractivity contribution >= 4 is 31.9 Å². The summed E-state index contributed by atoms with van der Waals surface area (Å²) in [5.74, 6) is 0. The summed E-state index contributed by atoms with van der Waals surface area (Å²) in [4.78, 5) is 0. The van der Waals surface area contributed by atoms with Crippen LogP contribution in [0.15, 0.2) is 4.47 Å². The molecule has 1 heterocycles. The minimum absolute atomic E-state index is 0.517. The second kappa shape index (κ2) is 3.63. The molecule has 0 spiro atoms. The minimum atomic E-state index is 0.517. The van der Waals surface area contributed by atoms with Crippen molar-refractivity contribution < 1.29 is 0 Å². The second-order valence-corrected chi connectivity index (χ2v) is 5.63. The van der Waals surface area contributed by atoms with E-state index in [1.165, 1.54) is 23.0 Å². The molecule has 0 amide bonds. The molecule has 1 fully saturated rings. The zero-order valence-corrected chi connectivity index (χ0v) is 11.7. The summed E-state index contributed by atoms with van der Waals surface area (Å²) in [5, 5.41) is 5.52. The molecule has 1 saturated carbocycles. The number of alkyl halides is 1. The average Bonchev–Trinajstić information content (AvgIpc) is 2.88. The fourth-order valence-electron chi connectivity index (χ4n) is 1.76. The molecule has 0 N–H and O–H groups in total. The first-order valence-electron chi connectivity index (χ1n) is 4.82. The van der Waals surface area contributed by atoms with Gasteiger partial charge in [0.05, 0.1) is 15.9 Å². The molecule has 1 aliphatic carbocycles. The molecule has 4 heteroatoms. The summed E-state index contributed by atoms with van der Waals surface area (Å²) in [6.45, 7) is 2.04. The van der Waals surface area contributed by atoms with E-state index in [2.05, 4.69) is 37.0 Å². The van der Waals surface area contributed by atoms with E-state index in [-0.39, 0.29) is 0 Å². The fraction of sp³-hybridized carbons (Fsp3) is 0.700. The van der Waals surface area contributed by atoms with E-state index in [0.29, 0.717) is 5.41 Å². The van der Waals surface area contributed by atoms with Crippen LogP contribution in [-0.4, -0.2) is 15.1 Å². The van der Waals surface area contributed by atoms with Gasteiger partial charge in [0.25, 0.3) is 0 Å². The molecular formula is C10H14Br2N2. The van der Waals surface area contributed by atoms with Crippen LogP contribution in [0.5, 0.6) is 0 Å². The van der Waals surface area contributed by atoms with Gasteiger partial charge in [-0.15, -0.1) is 0 Å². The molecule has 0 atom stereocenters. The Bertz CT molecular complexity index is 353. The first-order chi connectivity index (χ1) is 6.58. The third kappa shape index (κ3) is 1.78. The van der Waals surface area contributed by atoms with Crippen molar-refractivity contribution in [2.45, 2.75) is 26.2 Å². The highest BCUT2D eigenvalue weighted by Gasteiger charge is 2.42. The molecule has 0 bridgehead atoms. The van der Waals surface area contributed by atoms with Crippen LogP contribution < -0.4 is 0 Å². The quantitative estimate of drug-likeness (QED) is 0.782. The van der Waals surface area contributed by atoms with Crippen LogP contribution in [0.2, 0.25) is 0 Å². The Kier molecular flexibility index (Phi) is 2.77. The van der Waals surface area contributed by atoms with Gasteiger partial charge in [-0.2, -0.15) is 5.10 Å². The van der Waals surface area contributed by atoms with Crippen LogP contribution in [-0.2, 0) is 13.5 Å². The first kappa shape index (κ1) is 10.7. The zero-order chi connectivity index (χ0) is 10.3. The van der Waals surface area contributed by atoms with Crippen molar-refractivity contribution in [1.29, 1.82) is 0 Å². The number of aryl methyl sites for hydroxylation is 2. The Morgan fingerprint density at radius 2 is 2.14 bits per heavy atom. The Balaban J connectivity index is 2.24. The van der Waals surface area contributed by atoms with Crippen LogP contribution >= 0.6 is 31.9 Å². The van der Waals surface area contributed by atoms with Gasteiger partial charge in [0.1, 0.15) is 0 Å². The number of rotatable bonds is 3. The highest BCUT2D eigenvalue weighted by molar-refractivity contribution is 9.10. The van der Waals surface area contributed by atoms with Crippen LogP contribution in [0.1, 0.15) is 24.2 Å². The van der Waals surface area contributed by atoms with Crippen molar-refractivity contribution in [1.82, 2.24) is 9.78 Å². The zero-order valence-electron chi connectivity index (χ0n) is 8.48. The SMILES string of the molecule is Cc1nn(C)c(CC2(CBr)CC2)c1Br. The topological polar surface area (TPSA) is 17.8 Å². The van der Waals surface area contributed by atoms with Crippen LogP contribution in [0, 0.1) is 12.3 Å². The Morgan fingerprint density at radius 1 is 1.50 bits per heavy atom. The van der Waals surface area contributed by atoms with Gasteiger partial charge in [-0.1, -0.05) is 15.9 Å². The monoisotopic (exact) mass is 320 g/mol. The molecular weight excluding hydrogens is 308 g/mol. The van der Waals surface area contributed by atoms with Gasteiger partial charge in [-0.05, 0) is 47.5 Å². The van der Waals surface area contributed by atoms with Gasteiger partial charge in [0.2, 0.25) is 0 Å². The smallest absolute Gasteiger partial charge is 0.0738 e. The van der Waals surface area contributed by atoms with E-state index < -0.39 is 0 Å². The van der Waals surface area contributed by atoms with Crippen LogP contribution in [0.3, 0.4) is 0 Å². The predicted molar refractivity (Wildman–Crippen MR) is 64.8 cm³/mol. The lowest BCUT2D eigenvalue weighted by atomic mass is 10.0. The number of halogens is 2. The van der Waals surface area contributed by atoms with Gasteiger partial charge < -0.3 is 0 Å². The average molecular weight is 322 g/mol. The maximum absolute atomic E-state index is 4.41. The molecule has 1 aromatic heterocycles. The minimum Gasteiger partial charge on any atom is -0.271 e. The van der Waals surface area contributed by atoms with Gasteiger partial charge in [-0.25, -0.2) is 0 Å². The van der Waals surface area contributed by atoms with Crippen molar-refractivity contribution in [3.8, 4) is 0 Å². The van der Waals surface area contributed by atoms with E-state index >= 15 is 0 Å². The molecule has 0 unspecified atom stereocenters. The molecule has 14 heavy (non-hydrogen) atoms.